The Hall–Kier alpha value is -0.820. The summed E-state index contributed by atoms with van der Waals surface area (Å²) in [7, 11) is 3.61. The van der Waals surface area contributed by atoms with Crippen LogP contribution >= 0.6 is 22.7 Å². The van der Waals surface area contributed by atoms with Crippen LogP contribution < -0.4 is 5.32 Å². The van der Waals surface area contributed by atoms with E-state index in [0.717, 1.165) is 22.9 Å². The van der Waals surface area contributed by atoms with Crippen molar-refractivity contribution >= 4 is 22.7 Å². The third-order valence-corrected chi connectivity index (χ3v) is 3.75. The van der Waals surface area contributed by atoms with E-state index >= 15 is 0 Å². The fourth-order valence-electron chi connectivity index (χ4n) is 1.36. The number of ether oxygens (including phenoxy) is 1. The van der Waals surface area contributed by atoms with Crippen molar-refractivity contribution in [3.05, 3.63) is 21.5 Å². The number of rotatable bonds is 5. The summed E-state index contributed by atoms with van der Waals surface area (Å²) in [5.41, 5.74) is 3.78. The molecule has 2 aromatic heterocycles. The predicted octanol–water partition coefficient (Wildman–Crippen LogP) is 2.13. The highest BCUT2D eigenvalue weighted by Gasteiger charge is 2.12. The van der Waals surface area contributed by atoms with E-state index in [0.29, 0.717) is 6.61 Å². The maximum Gasteiger partial charge on any atom is 0.143 e. The number of methoxy groups -OCH3 is 1. The Morgan fingerprint density at radius 2 is 2.38 bits per heavy atom. The Labute approximate surface area is 102 Å². The molecular weight excluding hydrogens is 242 g/mol. The first-order chi connectivity index (χ1) is 7.85. The maximum atomic E-state index is 5.14. The third kappa shape index (κ3) is 2.46. The molecule has 2 heterocycles. The molecule has 0 aromatic carbocycles. The zero-order chi connectivity index (χ0) is 11.4. The normalized spacial score (nSPS) is 10.9. The third-order valence-electron chi connectivity index (χ3n) is 2.05. The summed E-state index contributed by atoms with van der Waals surface area (Å²) in [5, 5.41) is 6.12. The van der Waals surface area contributed by atoms with Crippen molar-refractivity contribution in [2.24, 2.45) is 0 Å². The Bertz CT molecular complexity index is 415. The Kier molecular flexibility index (Phi) is 4.00. The molecule has 6 heteroatoms. The fourth-order valence-corrected chi connectivity index (χ4v) is 3.01. The highest BCUT2D eigenvalue weighted by atomic mass is 32.1. The molecule has 0 unspecified atom stereocenters. The van der Waals surface area contributed by atoms with Crippen LogP contribution in [-0.4, -0.2) is 24.1 Å². The lowest BCUT2D eigenvalue weighted by molar-refractivity contribution is 0.181. The molecule has 0 aliphatic carbocycles. The first kappa shape index (κ1) is 11.7. The summed E-state index contributed by atoms with van der Waals surface area (Å²) >= 11 is 3.26. The van der Waals surface area contributed by atoms with Gasteiger partial charge >= 0.3 is 0 Å². The van der Waals surface area contributed by atoms with E-state index in [1.807, 2.05) is 17.9 Å². The van der Waals surface area contributed by atoms with Crippen molar-refractivity contribution in [3.8, 4) is 10.7 Å². The summed E-state index contributed by atoms with van der Waals surface area (Å²) in [6, 6.07) is 0. The van der Waals surface area contributed by atoms with Crippen LogP contribution in [0.5, 0.6) is 0 Å². The molecule has 0 saturated carbocycles. The standard InChI is InChI=1S/C10H13N3OS2/c1-11-3-9-7(4-14-2)13-10(16-9)8-5-15-6-12-8/h5-6,11H,3-4H2,1-2H3. The summed E-state index contributed by atoms with van der Waals surface area (Å²) in [5.74, 6) is 0. The number of hydrogen-bond acceptors (Lipinski definition) is 6. The molecule has 2 rings (SSSR count). The van der Waals surface area contributed by atoms with Crippen LogP contribution in [-0.2, 0) is 17.9 Å². The van der Waals surface area contributed by atoms with Crippen molar-refractivity contribution in [2.45, 2.75) is 13.2 Å². The molecule has 0 saturated heterocycles. The quantitative estimate of drug-likeness (QED) is 0.889. The van der Waals surface area contributed by atoms with Gasteiger partial charge in [0.1, 0.15) is 10.7 Å². The fraction of sp³-hybridized carbons (Fsp3) is 0.400. The van der Waals surface area contributed by atoms with Gasteiger partial charge in [0.25, 0.3) is 0 Å². The highest BCUT2D eigenvalue weighted by Crippen LogP contribution is 2.28. The molecule has 0 aliphatic heterocycles. The Morgan fingerprint density at radius 3 is 3.00 bits per heavy atom. The van der Waals surface area contributed by atoms with Gasteiger partial charge in [-0.1, -0.05) is 0 Å². The van der Waals surface area contributed by atoms with Gasteiger partial charge in [-0.3, -0.25) is 0 Å². The van der Waals surface area contributed by atoms with Crippen LogP contribution in [0.15, 0.2) is 10.9 Å². The number of thiazole rings is 2. The van der Waals surface area contributed by atoms with Crippen LogP contribution in [0.2, 0.25) is 0 Å². The van der Waals surface area contributed by atoms with Gasteiger partial charge in [0.05, 0.1) is 17.8 Å². The van der Waals surface area contributed by atoms with E-state index < -0.39 is 0 Å². The van der Waals surface area contributed by atoms with Gasteiger partial charge in [0, 0.05) is 23.9 Å². The van der Waals surface area contributed by atoms with E-state index in [4.69, 9.17) is 4.74 Å². The molecule has 0 amide bonds. The predicted molar refractivity (Wildman–Crippen MR) is 66.7 cm³/mol. The molecule has 0 radical (unpaired) electrons. The summed E-state index contributed by atoms with van der Waals surface area (Å²) in [6.45, 7) is 1.37. The zero-order valence-electron chi connectivity index (χ0n) is 9.19. The first-order valence-corrected chi connectivity index (χ1v) is 6.61. The maximum absolute atomic E-state index is 5.14. The molecule has 0 spiro atoms. The van der Waals surface area contributed by atoms with Gasteiger partial charge in [-0.2, -0.15) is 0 Å². The molecule has 0 fully saturated rings. The van der Waals surface area contributed by atoms with E-state index in [-0.39, 0.29) is 0 Å². The summed E-state index contributed by atoms with van der Waals surface area (Å²) < 4.78 is 5.14. The summed E-state index contributed by atoms with van der Waals surface area (Å²) in [4.78, 5) is 10.0. The van der Waals surface area contributed by atoms with E-state index in [9.17, 15) is 0 Å². The van der Waals surface area contributed by atoms with Crippen molar-refractivity contribution in [3.63, 3.8) is 0 Å². The Balaban J connectivity index is 2.30. The van der Waals surface area contributed by atoms with Crippen LogP contribution in [0, 0.1) is 0 Å². The van der Waals surface area contributed by atoms with Gasteiger partial charge < -0.3 is 10.1 Å². The molecule has 16 heavy (non-hydrogen) atoms. The number of nitrogens with one attached hydrogen (secondary N) is 1. The molecule has 86 valence electrons. The van der Waals surface area contributed by atoms with Crippen molar-refractivity contribution in [1.82, 2.24) is 15.3 Å². The minimum Gasteiger partial charge on any atom is -0.378 e. The van der Waals surface area contributed by atoms with E-state index in [1.54, 1.807) is 29.8 Å². The number of aromatic nitrogens is 2. The average Bonchev–Trinajstić information content (AvgIpc) is 2.89. The van der Waals surface area contributed by atoms with Crippen molar-refractivity contribution in [1.29, 1.82) is 0 Å². The average molecular weight is 255 g/mol. The minimum atomic E-state index is 0.553. The second-order valence-electron chi connectivity index (χ2n) is 3.23. The molecule has 4 nitrogen and oxygen atoms in total. The monoisotopic (exact) mass is 255 g/mol. The highest BCUT2D eigenvalue weighted by molar-refractivity contribution is 7.15. The lowest BCUT2D eigenvalue weighted by Crippen LogP contribution is -2.06. The van der Waals surface area contributed by atoms with Gasteiger partial charge in [-0.15, -0.1) is 22.7 Å². The summed E-state index contributed by atoms with van der Waals surface area (Å²) in [6.07, 6.45) is 0. The minimum absolute atomic E-state index is 0.553. The Morgan fingerprint density at radius 1 is 1.50 bits per heavy atom. The smallest absolute Gasteiger partial charge is 0.143 e. The van der Waals surface area contributed by atoms with Gasteiger partial charge in [-0.25, -0.2) is 9.97 Å². The first-order valence-electron chi connectivity index (χ1n) is 4.85. The van der Waals surface area contributed by atoms with Crippen LogP contribution in [0.25, 0.3) is 10.7 Å². The zero-order valence-corrected chi connectivity index (χ0v) is 10.8. The number of hydrogen-bond donors (Lipinski definition) is 1. The molecule has 0 atom stereocenters. The van der Waals surface area contributed by atoms with Crippen molar-refractivity contribution < 1.29 is 4.74 Å². The molecular formula is C10H13N3OS2. The second kappa shape index (κ2) is 5.49. The second-order valence-corrected chi connectivity index (χ2v) is 5.03. The van der Waals surface area contributed by atoms with Gasteiger partial charge in [-0.05, 0) is 7.05 Å². The SMILES string of the molecule is CNCc1sc(-c2cscn2)nc1COC. The van der Waals surface area contributed by atoms with E-state index in [2.05, 4.69) is 15.3 Å². The van der Waals surface area contributed by atoms with Crippen LogP contribution in [0.1, 0.15) is 10.6 Å². The van der Waals surface area contributed by atoms with Gasteiger partial charge in [0.15, 0.2) is 0 Å². The molecule has 0 aliphatic rings. The largest absolute Gasteiger partial charge is 0.378 e. The van der Waals surface area contributed by atoms with Crippen LogP contribution in [0.4, 0.5) is 0 Å². The lowest BCUT2D eigenvalue weighted by Gasteiger charge is -1.98. The topological polar surface area (TPSA) is 47.0 Å². The van der Waals surface area contributed by atoms with Crippen LogP contribution in [0.3, 0.4) is 0 Å². The molecule has 0 bridgehead atoms. The van der Waals surface area contributed by atoms with Gasteiger partial charge in [0.2, 0.25) is 0 Å². The van der Waals surface area contributed by atoms with Crippen molar-refractivity contribution in [2.75, 3.05) is 14.2 Å². The lowest BCUT2D eigenvalue weighted by atomic mass is 10.3. The molecule has 2 aromatic rings. The van der Waals surface area contributed by atoms with E-state index in [1.165, 1.54) is 4.88 Å². The molecule has 1 N–H and O–H groups in total. The number of nitrogens with zero attached hydrogens (tertiary/aromatic N) is 2.